The van der Waals surface area contributed by atoms with E-state index in [1.54, 1.807) is 11.3 Å². The fourth-order valence-electron chi connectivity index (χ4n) is 2.37. The normalized spacial score (nSPS) is 10.7. The molecular formula is C17H23N5O5S2. The first-order chi connectivity index (χ1) is 13.8. The molecule has 0 aliphatic carbocycles. The fraction of sp³-hybridized carbons (Fsp3) is 0.412. The van der Waals surface area contributed by atoms with E-state index in [1.807, 2.05) is 5.38 Å². The molecule has 0 aromatic carbocycles. The second kappa shape index (κ2) is 11.3. The van der Waals surface area contributed by atoms with Gasteiger partial charge in [-0.2, -0.15) is 0 Å². The third-order valence-corrected chi connectivity index (χ3v) is 5.55. The molecule has 3 amide bonds. The predicted molar refractivity (Wildman–Crippen MR) is 110 cm³/mol. The Hall–Kier alpha value is -2.70. The van der Waals surface area contributed by atoms with Gasteiger partial charge >= 0.3 is 18.6 Å². The van der Waals surface area contributed by atoms with Crippen molar-refractivity contribution in [3.05, 3.63) is 33.0 Å². The average Bonchev–Trinajstić information content (AvgIpc) is 3.24. The van der Waals surface area contributed by atoms with Crippen molar-refractivity contribution in [2.45, 2.75) is 39.0 Å². The zero-order valence-corrected chi connectivity index (χ0v) is 17.4. The summed E-state index contributed by atoms with van der Waals surface area (Å²) in [6.07, 6.45) is -0.244. The smallest absolute Gasteiger partial charge is 0.395 e. The lowest BCUT2D eigenvalue weighted by Gasteiger charge is -2.16. The fourth-order valence-corrected chi connectivity index (χ4v) is 4.22. The van der Waals surface area contributed by atoms with Crippen LogP contribution in [-0.2, 0) is 33.5 Å². The van der Waals surface area contributed by atoms with Gasteiger partial charge in [0.05, 0.1) is 5.69 Å². The number of anilines is 1. The van der Waals surface area contributed by atoms with Crippen LogP contribution in [-0.4, -0.2) is 36.0 Å². The number of rotatable bonds is 11. The lowest BCUT2D eigenvalue weighted by atomic mass is 10.2. The second-order valence-electron chi connectivity index (χ2n) is 5.96. The molecule has 158 valence electrons. The Kier molecular flexibility index (Phi) is 8.83. The largest absolute Gasteiger partial charge is 0.408 e. The van der Waals surface area contributed by atoms with Gasteiger partial charge in [-0.25, -0.2) is 19.9 Å². The van der Waals surface area contributed by atoms with E-state index in [0.29, 0.717) is 11.7 Å². The molecule has 0 saturated carbocycles. The Balaban J connectivity index is 1.71. The summed E-state index contributed by atoms with van der Waals surface area (Å²) in [5.41, 5.74) is 10.8. The van der Waals surface area contributed by atoms with E-state index < -0.39 is 18.6 Å². The molecule has 0 aliphatic heterocycles. The van der Waals surface area contributed by atoms with Crippen molar-refractivity contribution in [2.75, 3.05) is 11.9 Å². The number of thiazole rings is 1. The topological polar surface area (TPSA) is 159 Å². The van der Waals surface area contributed by atoms with E-state index >= 15 is 0 Å². The number of hydrogen-bond donors (Lipinski definition) is 4. The van der Waals surface area contributed by atoms with E-state index in [-0.39, 0.29) is 5.91 Å². The summed E-state index contributed by atoms with van der Waals surface area (Å²) in [5.74, 6) is -0.128. The number of carbonyl (C=O) groups is 3. The van der Waals surface area contributed by atoms with Crippen molar-refractivity contribution in [1.29, 1.82) is 0 Å². The highest BCUT2D eigenvalue weighted by molar-refractivity contribution is 7.14. The van der Waals surface area contributed by atoms with Crippen LogP contribution in [0.3, 0.4) is 0 Å². The van der Waals surface area contributed by atoms with E-state index in [4.69, 9.17) is 11.5 Å². The summed E-state index contributed by atoms with van der Waals surface area (Å²) in [6.45, 7) is 1.89. The molecule has 2 rings (SSSR count). The van der Waals surface area contributed by atoms with Gasteiger partial charge in [0.15, 0.2) is 5.13 Å². The summed E-state index contributed by atoms with van der Waals surface area (Å²) < 4.78 is 9.19. The summed E-state index contributed by atoms with van der Waals surface area (Å²) >= 11 is 3.13. The highest BCUT2D eigenvalue weighted by Crippen LogP contribution is 2.21. The van der Waals surface area contributed by atoms with Gasteiger partial charge < -0.3 is 26.3 Å². The minimum absolute atomic E-state index is 0.128. The molecule has 0 unspecified atom stereocenters. The van der Waals surface area contributed by atoms with Crippen molar-refractivity contribution in [1.82, 2.24) is 10.3 Å². The van der Waals surface area contributed by atoms with Gasteiger partial charge in [0.2, 0.25) is 5.91 Å². The summed E-state index contributed by atoms with van der Waals surface area (Å²) in [6, 6.07) is 4.16. The summed E-state index contributed by atoms with van der Waals surface area (Å²) in [7, 11) is 0. The number of primary amides is 2. The maximum Gasteiger partial charge on any atom is 0.408 e. The van der Waals surface area contributed by atoms with Crippen molar-refractivity contribution in [3.8, 4) is 0 Å². The average molecular weight is 442 g/mol. The number of aryl methyl sites for hydroxylation is 3. The van der Waals surface area contributed by atoms with E-state index in [0.717, 1.165) is 31.4 Å². The van der Waals surface area contributed by atoms with Gasteiger partial charge in [-0.15, -0.1) is 22.7 Å². The molecule has 0 radical (unpaired) electrons. The Morgan fingerprint density at radius 3 is 2.38 bits per heavy atom. The number of nitrogens with one attached hydrogen (secondary N) is 2. The van der Waals surface area contributed by atoms with Gasteiger partial charge in [0.25, 0.3) is 0 Å². The second-order valence-corrected chi connectivity index (χ2v) is 8.07. The van der Waals surface area contributed by atoms with Gasteiger partial charge in [-0.3, -0.25) is 4.79 Å². The molecule has 29 heavy (non-hydrogen) atoms. The zero-order chi connectivity index (χ0) is 21.2. The third-order valence-electron chi connectivity index (χ3n) is 3.54. The third kappa shape index (κ3) is 8.89. The molecule has 0 atom stereocenters. The van der Waals surface area contributed by atoms with E-state index in [2.05, 4.69) is 37.2 Å². The molecule has 10 nitrogen and oxygen atoms in total. The number of amides is 3. The first kappa shape index (κ1) is 22.6. The minimum atomic E-state index is -1.30. The predicted octanol–water partition coefficient (Wildman–Crippen LogP) is 1.94. The Bertz CT molecular complexity index is 822. The standard InChI is InChI=1S/C17H23N5O5S2/c1-10(23)21-16-22-11(9-28-16)4-5-13-7-6-12(29-13)3-2-8-20-17(26-14(18)24)27-15(19)25/h6-7,9,17,20H,2-5,8H2,1H3,(H2,18,24)(H2,19,25)(H,21,22,23). The molecular weight excluding hydrogens is 418 g/mol. The van der Waals surface area contributed by atoms with Gasteiger partial charge in [-0.05, 0) is 37.8 Å². The minimum Gasteiger partial charge on any atom is -0.395 e. The molecule has 6 N–H and O–H groups in total. The maximum atomic E-state index is 11.0. The number of aromatic nitrogens is 1. The summed E-state index contributed by atoms with van der Waals surface area (Å²) in [5, 5.41) is 7.99. The monoisotopic (exact) mass is 441 g/mol. The zero-order valence-electron chi connectivity index (χ0n) is 15.8. The molecule has 0 spiro atoms. The van der Waals surface area contributed by atoms with Crippen molar-refractivity contribution >= 4 is 45.9 Å². The Morgan fingerprint density at radius 2 is 1.76 bits per heavy atom. The highest BCUT2D eigenvalue weighted by atomic mass is 32.1. The highest BCUT2D eigenvalue weighted by Gasteiger charge is 2.15. The number of thiophene rings is 1. The molecule has 2 aromatic heterocycles. The number of hydrogen-bond acceptors (Lipinski definition) is 9. The van der Waals surface area contributed by atoms with Gasteiger partial charge in [0, 0.05) is 28.6 Å². The van der Waals surface area contributed by atoms with Crippen LogP contribution >= 0.6 is 22.7 Å². The molecule has 2 heterocycles. The number of carbonyl (C=O) groups excluding carboxylic acids is 3. The molecule has 0 fully saturated rings. The van der Waals surface area contributed by atoms with Crippen LogP contribution in [0.5, 0.6) is 0 Å². The van der Waals surface area contributed by atoms with Gasteiger partial charge in [0.1, 0.15) is 0 Å². The van der Waals surface area contributed by atoms with Crippen LogP contribution in [0.1, 0.15) is 28.8 Å². The first-order valence-electron chi connectivity index (χ1n) is 8.77. The van der Waals surface area contributed by atoms with E-state index in [9.17, 15) is 14.4 Å². The van der Waals surface area contributed by atoms with Crippen molar-refractivity contribution in [3.63, 3.8) is 0 Å². The molecule has 12 heteroatoms. The van der Waals surface area contributed by atoms with Crippen LogP contribution in [0.2, 0.25) is 0 Å². The molecule has 0 bridgehead atoms. The van der Waals surface area contributed by atoms with E-state index in [1.165, 1.54) is 28.0 Å². The molecule has 0 aliphatic rings. The van der Waals surface area contributed by atoms with Gasteiger partial charge in [-0.1, -0.05) is 0 Å². The van der Waals surface area contributed by atoms with Crippen LogP contribution in [0.25, 0.3) is 0 Å². The van der Waals surface area contributed by atoms with Crippen LogP contribution in [0, 0.1) is 0 Å². The Labute approximate surface area is 175 Å². The quantitative estimate of drug-likeness (QED) is 0.306. The molecule has 2 aromatic rings. The van der Waals surface area contributed by atoms with Crippen LogP contribution in [0.15, 0.2) is 17.5 Å². The van der Waals surface area contributed by atoms with Crippen LogP contribution < -0.4 is 22.1 Å². The molecule has 0 saturated heterocycles. The van der Waals surface area contributed by atoms with Crippen LogP contribution in [0.4, 0.5) is 14.7 Å². The first-order valence-corrected chi connectivity index (χ1v) is 10.5. The maximum absolute atomic E-state index is 11.0. The Morgan fingerprint density at radius 1 is 1.10 bits per heavy atom. The number of nitrogens with two attached hydrogens (primary N) is 2. The SMILES string of the molecule is CC(=O)Nc1nc(CCc2ccc(CCCNC(OC(N)=O)OC(N)=O)s2)cs1. The lowest BCUT2D eigenvalue weighted by molar-refractivity contribution is -0.114. The van der Waals surface area contributed by atoms with Crippen molar-refractivity contribution in [2.24, 2.45) is 11.5 Å². The lowest BCUT2D eigenvalue weighted by Crippen LogP contribution is -2.41. The summed E-state index contributed by atoms with van der Waals surface area (Å²) in [4.78, 5) is 39.4. The number of nitrogens with zero attached hydrogens (tertiary/aromatic N) is 1. The number of ether oxygens (including phenoxy) is 2. The van der Waals surface area contributed by atoms with Crippen molar-refractivity contribution < 1.29 is 23.9 Å².